The summed E-state index contributed by atoms with van der Waals surface area (Å²) in [6.07, 6.45) is 37.6. The van der Waals surface area contributed by atoms with E-state index in [1.165, 1.54) is 135 Å². The van der Waals surface area contributed by atoms with Gasteiger partial charge in [-0.25, -0.2) is 0 Å². The average molecular weight is 759 g/mol. The first-order chi connectivity index (χ1) is 25.6. The minimum absolute atomic E-state index is 0.0195. The van der Waals surface area contributed by atoms with Gasteiger partial charge in [0.2, 0.25) is 0 Å². The molecule has 2 N–H and O–H groups in total. The van der Waals surface area contributed by atoms with Gasteiger partial charge < -0.3 is 23.8 Å². The number of carbonyl (C=O) groups excluding carboxylic acids is 1. The van der Waals surface area contributed by atoms with Gasteiger partial charge in [0.1, 0.15) is 6.10 Å². The van der Waals surface area contributed by atoms with Crippen molar-refractivity contribution in [1.82, 2.24) is 9.99 Å². The van der Waals surface area contributed by atoms with Crippen LogP contribution in [0.25, 0.3) is 0 Å². The SMILES string of the molecule is CCCCCCCCCCNP(OCC)OCCCCCN(CCO)CCCCCCCC(=O)OC(CCCCCCCC)CCCCCCCC. The van der Waals surface area contributed by atoms with E-state index in [4.69, 9.17) is 13.8 Å². The molecule has 0 rings (SSSR count). The number of hydrogen-bond donors (Lipinski definition) is 2. The molecule has 0 aromatic carbocycles. The summed E-state index contributed by atoms with van der Waals surface area (Å²) in [5.41, 5.74) is 0. The van der Waals surface area contributed by atoms with Crippen LogP contribution in [0.5, 0.6) is 0 Å². The zero-order chi connectivity index (χ0) is 38.0. The quantitative estimate of drug-likeness (QED) is 0.0364. The maximum absolute atomic E-state index is 12.7. The summed E-state index contributed by atoms with van der Waals surface area (Å²) in [7, 11) is -0.984. The second kappa shape index (κ2) is 43.4. The van der Waals surface area contributed by atoms with Gasteiger partial charge in [0.25, 0.3) is 8.53 Å². The molecule has 0 amide bonds. The maximum Gasteiger partial charge on any atom is 0.306 e. The summed E-state index contributed by atoms with van der Waals surface area (Å²) in [6, 6.07) is 0. The minimum atomic E-state index is -0.984. The van der Waals surface area contributed by atoms with Crippen LogP contribution < -0.4 is 5.09 Å². The number of aliphatic hydroxyl groups is 1. The van der Waals surface area contributed by atoms with Crippen LogP contribution >= 0.6 is 8.53 Å². The Labute approximate surface area is 326 Å². The van der Waals surface area contributed by atoms with Crippen molar-refractivity contribution in [1.29, 1.82) is 0 Å². The second-order valence-corrected chi connectivity index (χ2v) is 16.6. The van der Waals surface area contributed by atoms with Crippen molar-refractivity contribution in [2.24, 2.45) is 0 Å². The summed E-state index contributed by atoms with van der Waals surface area (Å²) in [5, 5.41) is 13.1. The van der Waals surface area contributed by atoms with Gasteiger partial charge >= 0.3 is 5.97 Å². The van der Waals surface area contributed by atoms with Crippen LogP contribution in [0.3, 0.4) is 0 Å². The predicted molar refractivity (Wildman–Crippen MR) is 226 cm³/mol. The predicted octanol–water partition coefficient (Wildman–Crippen LogP) is 13.2. The fraction of sp³-hybridized carbons (Fsp3) is 0.977. The van der Waals surface area contributed by atoms with Crippen LogP contribution in [0.4, 0.5) is 0 Å². The van der Waals surface area contributed by atoms with E-state index in [1.807, 2.05) is 6.92 Å². The van der Waals surface area contributed by atoms with Gasteiger partial charge in [0.15, 0.2) is 0 Å². The van der Waals surface area contributed by atoms with E-state index in [9.17, 15) is 9.90 Å². The molecule has 312 valence electrons. The Morgan fingerprint density at radius 2 is 1.02 bits per heavy atom. The molecule has 0 heterocycles. The zero-order valence-electron chi connectivity index (χ0n) is 35.4. The lowest BCUT2D eigenvalue weighted by Crippen LogP contribution is -2.29. The molecule has 1 unspecified atom stereocenters. The lowest BCUT2D eigenvalue weighted by molar-refractivity contribution is -0.150. The molecule has 0 spiro atoms. The number of ether oxygens (including phenoxy) is 1. The standard InChI is InChI=1S/C44H91N2O5P/c1-5-9-12-15-18-19-24-30-37-45-52(49-8-4)50-42-33-26-32-39-46(40-41-47)38-31-25-20-23-29-36-44(48)51-43(34-27-21-16-13-10-6-2)35-28-22-17-14-11-7-3/h43,45,47H,5-42H2,1-4H3. The van der Waals surface area contributed by atoms with Crippen molar-refractivity contribution in [3.05, 3.63) is 0 Å². The molecule has 8 heteroatoms. The number of nitrogens with zero attached hydrogens (tertiary/aromatic N) is 1. The number of esters is 1. The first-order valence-electron chi connectivity index (χ1n) is 22.9. The van der Waals surface area contributed by atoms with Crippen molar-refractivity contribution in [2.45, 2.75) is 233 Å². The first-order valence-corrected chi connectivity index (χ1v) is 24.1. The van der Waals surface area contributed by atoms with Crippen LogP contribution in [0.1, 0.15) is 227 Å². The number of aliphatic hydroxyl groups excluding tert-OH is 1. The van der Waals surface area contributed by atoms with Gasteiger partial charge in [0.05, 0.1) is 19.8 Å². The van der Waals surface area contributed by atoms with Crippen LogP contribution in [0, 0.1) is 0 Å². The van der Waals surface area contributed by atoms with E-state index in [-0.39, 0.29) is 18.7 Å². The number of carbonyl (C=O) groups is 1. The molecule has 0 bridgehead atoms. The molecule has 7 nitrogen and oxygen atoms in total. The Kier molecular flexibility index (Phi) is 43.2. The summed E-state index contributed by atoms with van der Waals surface area (Å²) < 4.78 is 17.9. The Bertz CT molecular complexity index is 688. The third kappa shape index (κ3) is 38.0. The van der Waals surface area contributed by atoms with Crippen molar-refractivity contribution < 1.29 is 23.7 Å². The number of rotatable bonds is 44. The summed E-state index contributed by atoms with van der Waals surface area (Å²) in [5.74, 6) is 0.0195. The Balaban J connectivity index is 4.07. The smallest absolute Gasteiger partial charge is 0.306 e. The maximum atomic E-state index is 12.7. The first kappa shape index (κ1) is 51.7. The van der Waals surface area contributed by atoms with Gasteiger partial charge in [-0.3, -0.25) is 9.88 Å². The van der Waals surface area contributed by atoms with E-state index in [2.05, 4.69) is 30.8 Å². The lowest BCUT2D eigenvalue weighted by Gasteiger charge is -2.21. The monoisotopic (exact) mass is 759 g/mol. The van der Waals surface area contributed by atoms with Crippen molar-refractivity contribution in [3.63, 3.8) is 0 Å². The molecule has 0 aromatic heterocycles. The Morgan fingerprint density at radius 1 is 0.558 bits per heavy atom. The fourth-order valence-corrected chi connectivity index (χ4v) is 7.99. The van der Waals surface area contributed by atoms with E-state index in [1.54, 1.807) is 0 Å². The van der Waals surface area contributed by atoms with Gasteiger partial charge in [-0.1, -0.05) is 149 Å². The summed E-state index contributed by atoms with van der Waals surface area (Å²) in [4.78, 5) is 15.1. The molecule has 0 saturated carbocycles. The van der Waals surface area contributed by atoms with Gasteiger partial charge in [-0.05, 0) is 84.2 Å². The topological polar surface area (TPSA) is 80.3 Å². The fourth-order valence-electron chi connectivity index (χ4n) is 6.86. The van der Waals surface area contributed by atoms with Crippen LogP contribution in [-0.2, 0) is 18.6 Å². The Morgan fingerprint density at radius 3 is 1.54 bits per heavy atom. The second-order valence-electron chi connectivity index (χ2n) is 15.3. The molecule has 0 aromatic rings. The van der Waals surface area contributed by atoms with E-state index in [0.29, 0.717) is 13.0 Å². The lowest BCUT2D eigenvalue weighted by atomic mass is 10.0. The highest BCUT2D eigenvalue weighted by molar-refractivity contribution is 7.44. The Hall–Kier alpha value is -0.300. The number of nitrogens with one attached hydrogen (secondary N) is 1. The molecule has 0 fully saturated rings. The van der Waals surface area contributed by atoms with Crippen molar-refractivity contribution >= 4 is 14.5 Å². The molecule has 0 aliphatic carbocycles. The molecule has 0 aliphatic rings. The van der Waals surface area contributed by atoms with Crippen LogP contribution in [0.2, 0.25) is 0 Å². The molecular formula is C44H91N2O5P. The molecule has 0 saturated heterocycles. The molecule has 52 heavy (non-hydrogen) atoms. The molecule has 0 radical (unpaired) electrons. The third-order valence-electron chi connectivity index (χ3n) is 10.2. The van der Waals surface area contributed by atoms with E-state index >= 15 is 0 Å². The van der Waals surface area contributed by atoms with Gasteiger partial charge in [-0.15, -0.1) is 0 Å². The molecule has 0 aliphatic heterocycles. The third-order valence-corrected chi connectivity index (χ3v) is 11.6. The van der Waals surface area contributed by atoms with Crippen molar-refractivity contribution in [2.75, 3.05) is 46.0 Å². The number of hydrogen-bond acceptors (Lipinski definition) is 7. The normalized spacial score (nSPS) is 12.4. The van der Waals surface area contributed by atoms with Gasteiger partial charge in [0, 0.05) is 19.5 Å². The highest BCUT2D eigenvalue weighted by atomic mass is 31.2. The average Bonchev–Trinajstić information content (AvgIpc) is 3.14. The zero-order valence-corrected chi connectivity index (χ0v) is 36.3. The minimum Gasteiger partial charge on any atom is -0.462 e. The number of unbranched alkanes of at least 4 members (excludes halogenated alkanes) is 23. The molecular weight excluding hydrogens is 667 g/mol. The largest absolute Gasteiger partial charge is 0.462 e. The van der Waals surface area contributed by atoms with Gasteiger partial charge in [-0.2, -0.15) is 0 Å². The van der Waals surface area contributed by atoms with Crippen molar-refractivity contribution in [3.8, 4) is 0 Å². The summed E-state index contributed by atoms with van der Waals surface area (Å²) in [6.45, 7) is 14.3. The highest BCUT2D eigenvalue weighted by Gasteiger charge is 2.14. The highest BCUT2D eigenvalue weighted by Crippen LogP contribution is 2.33. The van der Waals surface area contributed by atoms with Crippen LogP contribution in [0.15, 0.2) is 0 Å². The molecule has 1 atom stereocenters. The summed E-state index contributed by atoms with van der Waals surface area (Å²) >= 11 is 0. The van der Waals surface area contributed by atoms with E-state index < -0.39 is 8.53 Å². The van der Waals surface area contributed by atoms with Crippen LogP contribution in [-0.4, -0.2) is 68.1 Å². The van der Waals surface area contributed by atoms with E-state index in [0.717, 1.165) is 90.6 Å².